The molecule has 7 nitrogen and oxygen atoms in total. The van der Waals surface area contributed by atoms with Gasteiger partial charge in [-0.1, -0.05) is 33.1 Å². The summed E-state index contributed by atoms with van der Waals surface area (Å²) in [7, 11) is 0. The number of carbonyl (C=O) groups excluding carboxylic acids is 2. The number of nitrogens with two attached hydrogens (primary N) is 1. The third-order valence-electron chi connectivity index (χ3n) is 4.30. The molecule has 1 aliphatic carbocycles. The first-order chi connectivity index (χ1) is 10.7. The second-order valence-corrected chi connectivity index (χ2v) is 6.57. The van der Waals surface area contributed by atoms with Crippen molar-refractivity contribution in [1.82, 2.24) is 0 Å². The molecule has 0 bridgehead atoms. The number of aliphatic carboxylic acids is 1. The second-order valence-electron chi connectivity index (χ2n) is 6.57. The summed E-state index contributed by atoms with van der Waals surface area (Å²) in [6.45, 7) is 4.79. The number of ether oxygens (including phenoxy) is 2. The van der Waals surface area contributed by atoms with Crippen LogP contribution < -0.4 is 5.73 Å². The summed E-state index contributed by atoms with van der Waals surface area (Å²) in [6, 6.07) is -1.04. The van der Waals surface area contributed by atoms with Crippen LogP contribution in [0, 0.1) is 11.3 Å². The standard InChI is InChI=1S/C16H27NO6/c1-10(2)14(20)22-11(3)23-15(21)13(17)16(9-12(18)19)7-5-4-6-8-16/h10-11,13H,4-9,17H2,1-3H3,(H,18,19). The fraction of sp³-hybridized carbons (Fsp3) is 0.812. The Morgan fingerprint density at radius 2 is 1.57 bits per heavy atom. The monoisotopic (exact) mass is 329 g/mol. The van der Waals surface area contributed by atoms with Gasteiger partial charge in [0.2, 0.25) is 6.29 Å². The minimum absolute atomic E-state index is 0.163. The Morgan fingerprint density at radius 1 is 1.04 bits per heavy atom. The topological polar surface area (TPSA) is 116 Å². The third-order valence-corrected chi connectivity index (χ3v) is 4.30. The predicted octanol–water partition coefficient (Wildman–Crippen LogP) is 1.83. The quantitative estimate of drug-likeness (QED) is 0.540. The van der Waals surface area contributed by atoms with Crippen LogP contribution in [0.4, 0.5) is 0 Å². The van der Waals surface area contributed by atoms with E-state index in [1.54, 1.807) is 13.8 Å². The van der Waals surface area contributed by atoms with Crippen molar-refractivity contribution in [3.8, 4) is 0 Å². The number of hydrogen-bond acceptors (Lipinski definition) is 6. The van der Waals surface area contributed by atoms with Gasteiger partial charge in [0.1, 0.15) is 6.04 Å². The second kappa shape index (κ2) is 8.29. The van der Waals surface area contributed by atoms with Gasteiger partial charge in [0, 0.05) is 12.3 Å². The van der Waals surface area contributed by atoms with Crippen LogP contribution in [0.15, 0.2) is 0 Å². The SMILES string of the molecule is CC(OC(=O)C(C)C)OC(=O)C(N)C1(CC(=O)O)CCCCC1. The third kappa shape index (κ3) is 5.49. The van der Waals surface area contributed by atoms with Crippen LogP contribution in [-0.2, 0) is 23.9 Å². The molecule has 0 saturated heterocycles. The van der Waals surface area contributed by atoms with Crippen LogP contribution in [0.25, 0.3) is 0 Å². The Morgan fingerprint density at radius 3 is 2.04 bits per heavy atom. The lowest BCUT2D eigenvalue weighted by Gasteiger charge is -2.39. The maximum absolute atomic E-state index is 12.3. The number of esters is 2. The van der Waals surface area contributed by atoms with Gasteiger partial charge in [-0.15, -0.1) is 0 Å². The molecule has 0 aliphatic heterocycles. The van der Waals surface area contributed by atoms with Crippen molar-refractivity contribution in [2.45, 2.75) is 71.6 Å². The van der Waals surface area contributed by atoms with E-state index in [9.17, 15) is 14.4 Å². The van der Waals surface area contributed by atoms with Gasteiger partial charge in [-0.3, -0.25) is 14.4 Å². The van der Waals surface area contributed by atoms with Gasteiger partial charge < -0.3 is 20.3 Å². The summed E-state index contributed by atoms with van der Waals surface area (Å²) in [4.78, 5) is 34.9. The molecule has 132 valence electrons. The molecule has 0 radical (unpaired) electrons. The Bertz CT molecular complexity index is 442. The molecule has 1 saturated carbocycles. The molecule has 0 aromatic rings. The molecule has 1 fully saturated rings. The summed E-state index contributed by atoms with van der Waals surface area (Å²) in [5, 5.41) is 9.15. The average molecular weight is 329 g/mol. The van der Waals surface area contributed by atoms with E-state index in [2.05, 4.69) is 0 Å². The van der Waals surface area contributed by atoms with E-state index < -0.39 is 35.7 Å². The van der Waals surface area contributed by atoms with Crippen LogP contribution in [0.3, 0.4) is 0 Å². The maximum atomic E-state index is 12.3. The average Bonchev–Trinajstić information content (AvgIpc) is 2.46. The number of carboxylic acid groups (broad SMARTS) is 1. The summed E-state index contributed by atoms with van der Waals surface area (Å²) in [5.41, 5.74) is 5.25. The van der Waals surface area contributed by atoms with Crippen molar-refractivity contribution in [2.75, 3.05) is 0 Å². The normalized spacial score (nSPS) is 19.7. The van der Waals surface area contributed by atoms with E-state index in [0.717, 1.165) is 19.3 Å². The highest BCUT2D eigenvalue weighted by atomic mass is 16.7. The predicted molar refractivity (Wildman–Crippen MR) is 82.2 cm³/mol. The summed E-state index contributed by atoms with van der Waals surface area (Å²) < 4.78 is 10.1. The van der Waals surface area contributed by atoms with Gasteiger partial charge in [-0.2, -0.15) is 0 Å². The molecule has 2 atom stereocenters. The maximum Gasteiger partial charge on any atom is 0.326 e. The van der Waals surface area contributed by atoms with E-state index in [1.165, 1.54) is 6.92 Å². The van der Waals surface area contributed by atoms with Crippen molar-refractivity contribution >= 4 is 17.9 Å². The van der Waals surface area contributed by atoms with Crippen LogP contribution in [0.1, 0.15) is 59.3 Å². The number of carboxylic acids is 1. The highest BCUT2D eigenvalue weighted by Gasteiger charge is 2.44. The molecule has 1 rings (SSSR count). The Kier molecular flexibility index (Phi) is 7.00. The molecule has 23 heavy (non-hydrogen) atoms. The van der Waals surface area contributed by atoms with E-state index in [0.29, 0.717) is 12.8 Å². The molecular formula is C16H27NO6. The Balaban J connectivity index is 2.71. The lowest BCUT2D eigenvalue weighted by Crippen LogP contribution is -2.51. The van der Waals surface area contributed by atoms with Crippen LogP contribution >= 0.6 is 0 Å². The number of carbonyl (C=O) groups is 3. The van der Waals surface area contributed by atoms with Crippen LogP contribution in [-0.4, -0.2) is 35.3 Å². The van der Waals surface area contributed by atoms with Crippen molar-refractivity contribution in [1.29, 1.82) is 0 Å². The van der Waals surface area contributed by atoms with E-state index >= 15 is 0 Å². The molecule has 0 aromatic carbocycles. The first-order valence-corrected chi connectivity index (χ1v) is 8.06. The van der Waals surface area contributed by atoms with E-state index in [1.807, 2.05) is 0 Å². The minimum Gasteiger partial charge on any atom is -0.481 e. The zero-order valence-corrected chi connectivity index (χ0v) is 14.0. The summed E-state index contributed by atoms with van der Waals surface area (Å²) in [5.74, 6) is -2.51. The fourth-order valence-corrected chi connectivity index (χ4v) is 2.97. The molecule has 7 heteroatoms. The van der Waals surface area contributed by atoms with E-state index in [-0.39, 0.29) is 12.3 Å². The first kappa shape index (κ1) is 19.4. The molecular weight excluding hydrogens is 302 g/mol. The van der Waals surface area contributed by atoms with Crippen molar-refractivity contribution < 1.29 is 29.0 Å². The van der Waals surface area contributed by atoms with Gasteiger partial charge in [0.25, 0.3) is 0 Å². The summed E-state index contributed by atoms with van der Waals surface area (Å²) in [6.07, 6.45) is 2.63. The summed E-state index contributed by atoms with van der Waals surface area (Å²) >= 11 is 0. The highest BCUT2D eigenvalue weighted by Crippen LogP contribution is 2.42. The molecule has 0 amide bonds. The largest absolute Gasteiger partial charge is 0.481 e. The Labute approximate surface area is 136 Å². The van der Waals surface area contributed by atoms with Gasteiger partial charge in [0.15, 0.2) is 0 Å². The molecule has 0 heterocycles. The zero-order valence-electron chi connectivity index (χ0n) is 14.0. The van der Waals surface area contributed by atoms with Crippen LogP contribution in [0.2, 0.25) is 0 Å². The smallest absolute Gasteiger partial charge is 0.326 e. The van der Waals surface area contributed by atoms with Gasteiger partial charge in [0.05, 0.1) is 12.3 Å². The Hall–Kier alpha value is -1.63. The van der Waals surface area contributed by atoms with Crippen LogP contribution in [0.5, 0.6) is 0 Å². The van der Waals surface area contributed by atoms with Gasteiger partial charge in [-0.05, 0) is 12.8 Å². The molecule has 1 aliphatic rings. The highest BCUT2D eigenvalue weighted by molar-refractivity contribution is 5.79. The van der Waals surface area contributed by atoms with Gasteiger partial charge in [-0.25, -0.2) is 0 Å². The first-order valence-electron chi connectivity index (χ1n) is 8.06. The fourth-order valence-electron chi connectivity index (χ4n) is 2.97. The van der Waals surface area contributed by atoms with Crippen molar-refractivity contribution in [3.05, 3.63) is 0 Å². The number of hydrogen-bond donors (Lipinski definition) is 2. The zero-order chi connectivity index (χ0) is 17.6. The molecule has 3 N–H and O–H groups in total. The minimum atomic E-state index is -1.05. The van der Waals surface area contributed by atoms with Gasteiger partial charge >= 0.3 is 17.9 Å². The lowest BCUT2D eigenvalue weighted by molar-refractivity contribution is -0.190. The van der Waals surface area contributed by atoms with Crippen molar-refractivity contribution in [2.24, 2.45) is 17.1 Å². The van der Waals surface area contributed by atoms with Crippen molar-refractivity contribution in [3.63, 3.8) is 0 Å². The lowest BCUT2D eigenvalue weighted by atomic mass is 9.67. The molecule has 2 unspecified atom stereocenters. The molecule has 0 aromatic heterocycles. The molecule has 0 spiro atoms. The number of rotatable bonds is 7. The van der Waals surface area contributed by atoms with E-state index in [4.69, 9.17) is 20.3 Å².